The molecule has 0 saturated heterocycles. The quantitative estimate of drug-likeness (QED) is 0.766. The van der Waals surface area contributed by atoms with Crippen LogP contribution in [-0.2, 0) is 14.3 Å². The van der Waals surface area contributed by atoms with E-state index in [2.05, 4.69) is 4.74 Å². The van der Waals surface area contributed by atoms with Gasteiger partial charge in [0.15, 0.2) is 17.2 Å². The number of ether oxygens (including phenoxy) is 3. The minimum absolute atomic E-state index is 0.151. The summed E-state index contributed by atoms with van der Waals surface area (Å²) in [4.78, 5) is 37.0. The van der Waals surface area contributed by atoms with Gasteiger partial charge in [0.2, 0.25) is 0 Å². The van der Waals surface area contributed by atoms with Crippen molar-refractivity contribution < 1.29 is 28.6 Å². The second kappa shape index (κ2) is 7.31. The summed E-state index contributed by atoms with van der Waals surface area (Å²) in [5.74, 6) is -1.04. The lowest BCUT2D eigenvalue weighted by molar-refractivity contribution is -0.142. The SMILES string of the molecule is COC(=O)COc1c(C(=O)OC)sc2cc(C(=O)N(C)C)ccc12. The Morgan fingerprint density at radius 2 is 1.83 bits per heavy atom. The molecule has 0 atom stereocenters. The molecule has 1 heterocycles. The molecule has 0 radical (unpaired) electrons. The van der Waals surface area contributed by atoms with Gasteiger partial charge in [0.05, 0.1) is 14.2 Å². The summed E-state index contributed by atoms with van der Waals surface area (Å²) in [7, 11) is 5.83. The molecule has 2 rings (SSSR count). The van der Waals surface area contributed by atoms with E-state index in [1.165, 1.54) is 19.1 Å². The van der Waals surface area contributed by atoms with Crippen molar-refractivity contribution in [1.82, 2.24) is 4.90 Å². The van der Waals surface area contributed by atoms with Crippen LogP contribution in [0.1, 0.15) is 20.0 Å². The van der Waals surface area contributed by atoms with E-state index in [1.807, 2.05) is 0 Å². The van der Waals surface area contributed by atoms with E-state index < -0.39 is 11.9 Å². The fraction of sp³-hybridized carbons (Fsp3) is 0.312. The minimum atomic E-state index is -0.573. The molecule has 128 valence electrons. The van der Waals surface area contributed by atoms with Gasteiger partial charge < -0.3 is 19.1 Å². The summed E-state index contributed by atoms with van der Waals surface area (Å²) in [6.45, 7) is -0.329. The third-order valence-corrected chi connectivity index (χ3v) is 4.34. The van der Waals surface area contributed by atoms with Crippen molar-refractivity contribution >= 4 is 39.3 Å². The maximum absolute atomic E-state index is 12.1. The third-order valence-electron chi connectivity index (χ3n) is 3.23. The van der Waals surface area contributed by atoms with Crippen LogP contribution in [0.2, 0.25) is 0 Å². The molecular weight excluding hydrogens is 334 g/mol. The summed E-state index contributed by atoms with van der Waals surface area (Å²) in [5, 5.41) is 0.625. The first kappa shape index (κ1) is 17.7. The van der Waals surface area contributed by atoms with Crippen LogP contribution in [0, 0.1) is 0 Å². The highest BCUT2D eigenvalue weighted by atomic mass is 32.1. The van der Waals surface area contributed by atoms with Gasteiger partial charge in [-0.05, 0) is 18.2 Å². The van der Waals surface area contributed by atoms with Crippen LogP contribution in [0.5, 0.6) is 5.75 Å². The predicted octanol–water partition coefficient (Wildman–Crippen LogP) is 1.94. The van der Waals surface area contributed by atoms with E-state index in [0.717, 1.165) is 11.3 Å². The first-order valence-electron chi connectivity index (χ1n) is 6.95. The molecule has 0 aliphatic heterocycles. The standard InChI is InChI=1S/C16H17NO6S/c1-17(2)15(19)9-5-6-10-11(7-9)24-14(16(20)22-4)13(10)23-8-12(18)21-3/h5-7H,8H2,1-4H3. The topological polar surface area (TPSA) is 82.1 Å². The van der Waals surface area contributed by atoms with E-state index in [1.54, 1.807) is 32.3 Å². The summed E-state index contributed by atoms with van der Waals surface area (Å²) < 4.78 is 15.4. The number of hydrogen-bond donors (Lipinski definition) is 0. The van der Waals surface area contributed by atoms with Gasteiger partial charge in [-0.3, -0.25) is 4.79 Å². The third kappa shape index (κ3) is 3.48. The molecule has 7 nitrogen and oxygen atoms in total. The van der Waals surface area contributed by atoms with E-state index in [0.29, 0.717) is 15.6 Å². The molecular formula is C16H17NO6S. The van der Waals surface area contributed by atoms with Crippen LogP contribution >= 0.6 is 11.3 Å². The van der Waals surface area contributed by atoms with Gasteiger partial charge in [-0.15, -0.1) is 11.3 Å². The number of carbonyl (C=O) groups excluding carboxylic acids is 3. The minimum Gasteiger partial charge on any atom is -0.479 e. The van der Waals surface area contributed by atoms with E-state index in [9.17, 15) is 14.4 Å². The van der Waals surface area contributed by atoms with Crippen LogP contribution in [0.3, 0.4) is 0 Å². The van der Waals surface area contributed by atoms with Gasteiger partial charge in [0.25, 0.3) is 5.91 Å². The fourth-order valence-corrected chi connectivity index (χ4v) is 3.13. The Bertz CT molecular complexity index is 795. The molecule has 1 amide bonds. The van der Waals surface area contributed by atoms with Crippen LogP contribution < -0.4 is 4.74 Å². The van der Waals surface area contributed by atoms with Gasteiger partial charge in [-0.2, -0.15) is 0 Å². The van der Waals surface area contributed by atoms with Gasteiger partial charge in [-0.1, -0.05) is 0 Å². The molecule has 0 aliphatic rings. The van der Waals surface area contributed by atoms with Crippen LogP contribution in [0.15, 0.2) is 18.2 Å². The lowest BCUT2D eigenvalue weighted by Gasteiger charge is -2.10. The van der Waals surface area contributed by atoms with Crippen molar-refractivity contribution in [2.75, 3.05) is 34.9 Å². The van der Waals surface area contributed by atoms with Crippen LogP contribution in [-0.4, -0.2) is 57.7 Å². The Kier molecular flexibility index (Phi) is 5.40. The number of carbonyl (C=O) groups is 3. The van der Waals surface area contributed by atoms with Gasteiger partial charge >= 0.3 is 11.9 Å². The molecule has 0 saturated carbocycles. The Labute approximate surface area is 142 Å². The second-order valence-corrected chi connectivity index (χ2v) is 6.08. The zero-order chi connectivity index (χ0) is 17.9. The Morgan fingerprint density at radius 1 is 1.12 bits per heavy atom. The molecule has 1 aromatic heterocycles. The highest BCUT2D eigenvalue weighted by Crippen LogP contribution is 2.39. The van der Waals surface area contributed by atoms with Crippen LogP contribution in [0.4, 0.5) is 0 Å². The number of benzene rings is 1. The number of methoxy groups -OCH3 is 2. The fourth-order valence-electron chi connectivity index (χ4n) is 2.02. The Morgan fingerprint density at radius 3 is 2.42 bits per heavy atom. The molecule has 1 aromatic carbocycles. The summed E-state index contributed by atoms with van der Waals surface area (Å²) in [5.41, 5.74) is 0.490. The molecule has 24 heavy (non-hydrogen) atoms. The monoisotopic (exact) mass is 351 g/mol. The number of nitrogens with zero attached hydrogens (tertiary/aromatic N) is 1. The number of hydrogen-bond acceptors (Lipinski definition) is 7. The summed E-state index contributed by atoms with van der Waals surface area (Å²) in [6.07, 6.45) is 0. The molecule has 0 fully saturated rings. The molecule has 8 heteroatoms. The first-order valence-corrected chi connectivity index (χ1v) is 7.76. The molecule has 0 aliphatic carbocycles. The highest BCUT2D eigenvalue weighted by molar-refractivity contribution is 7.21. The van der Waals surface area contributed by atoms with Crippen molar-refractivity contribution in [2.24, 2.45) is 0 Å². The van der Waals surface area contributed by atoms with Crippen molar-refractivity contribution in [3.8, 4) is 5.75 Å². The zero-order valence-electron chi connectivity index (χ0n) is 13.7. The largest absolute Gasteiger partial charge is 0.479 e. The molecule has 0 spiro atoms. The normalized spacial score (nSPS) is 10.3. The molecule has 0 bridgehead atoms. The average molecular weight is 351 g/mol. The van der Waals surface area contributed by atoms with Gasteiger partial charge in [0, 0.05) is 29.7 Å². The lowest BCUT2D eigenvalue weighted by atomic mass is 10.1. The van der Waals surface area contributed by atoms with Gasteiger partial charge in [-0.25, -0.2) is 9.59 Å². The van der Waals surface area contributed by atoms with E-state index in [-0.39, 0.29) is 23.1 Å². The molecule has 0 unspecified atom stereocenters. The smallest absolute Gasteiger partial charge is 0.351 e. The highest BCUT2D eigenvalue weighted by Gasteiger charge is 2.22. The van der Waals surface area contributed by atoms with Gasteiger partial charge in [0.1, 0.15) is 0 Å². The van der Waals surface area contributed by atoms with Crippen molar-refractivity contribution in [1.29, 1.82) is 0 Å². The molecule has 0 N–H and O–H groups in total. The number of fused-ring (bicyclic) bond motifs is 1. The number of amides is 1. The second-order valence-electron chi connectivity index (χ2n) is 5.03. The maximum atomic E-state index is 12.1. The zero-order valence-corrected chi connectivity index (χ0v) is 14.6. The average Bonchev–Trinajstić information content (AvgIpc) is 2.95. The van der Waals surface area contributed by atoms with E-state index in [4.69, 9.17) is 9.47 Å². The Balaban J connectivity index is 2.50. The number of thiophene rings is 1. The van der Waals surface area contributed by atoms with Crippen molar-refractivity contribution in [2.45, 2.75) is 0 Å². The molecule has 2 aromatic rings. The lowest BCUT2D eigenvalue weighted by Crippen LogP contribution is -2.21. The summed E-state index contributed by atoms with van der Waals surface area (Å²) >= 11 is 1.14. The van der Waals surface area contributed by atoms with Crippen molar-refractivity contribution in [3.05, 3.63) is 28.6 Å². The predicted molar refractivity (Wildman–Crippen MR) is 88.7 cm³/mol. The first-order chi connectivity index (χ1) is 11.4. The van der Waals surface area contributed by atoms with Crippen LogP contribution in [0.25, 0.3) is 10.1 Å². The summed E-state index contributed by atoms with van der Waals surface area (Å²) in [6, 6.07) is 5.00. The Hall–Kier alpha value is -2.61. The maximum Gasteiger partial charge on any atom is 0.351 e. The number of rotatable bonds is 5. The van der Waals surface area contributed by atoms with E-state index >= 15 is 0 Å². The number of esters is 2. The van der Waals surface area contributed by atoms with Crippen molar-refractivity contribution in [3.63, 3.8) is 0 Å².